The molecule has 0 unspecified atom stereocenters. The van der Waals surface area contributed by atoms with Crippen LogP contribution in [0.15, 0.2) is 29.8 Å². The number of rotatable bonds is 4. The van der Waals surface area contributed by atoms with Gasteiger partial charge in [0.2, 0.25) is 0 Å². The molecule has 5 aliphatic carbocycles. The quantitative estimate of drug-likeness (QED) is 0.316. The molecule has 2 aromatic rings. The molecule has 1 aromatic carbocycles. The van der Waals surface area contributed by atoms with Gasteiger partial charge >= 0.3 is 11.9 Å². The molecule has 4 saturated carbocycles. The summed E-state index contributed by atoms with van der Waals surface area (Å²) in [6.07, 6.45) is 8.72. The van der Waals surface area contributed by atoms with Crippen molar-refractivity contribution >= 4 is 28.5 Å². The summed E-state index contributed by atoms with van der Waals surface area (Å²) in [6.45, 7) is 20.6. The standard InChI is InChI=1S/C40H54N2O4/c1-23(2)32-33-26-14-15-30-37(7)18-17-31(46-25(4)44)36(5,6)29(37)16-19-39(30,9)38(26,8)20-21-40(33,22-45-24(3)43)35-34(32)41-27-12-10-11-13-28(27)42-35/h10-13,23,26,29-31H,14-22H2,1-9H3/t26-,29+,30-,31+,37+,38-,39-,40+/m1/s1. The van der Waals surface area contributed by atoms with E-state index in [-0.39, 0.29) is 45.6 Å². The van der Waals surface area contributed by atoms with Crippen LogP contribution in [0.4, 0.5) is 0 Å². The van der Waals surface area contributed by atoms with Crippen LogP contribution in [0.25, 0.3) is 16.6 Å². The van der Waals surface area contributed by atoms with Crippen LogP contribution in [0.2, 0.25) is 0 Å². The number of carbonyl (C=O) groups excluding carboxylic acids is 2. The largest absolute Gasteiger partial charge is 0.465 e. The predicted molar refractivity (Wildman–Crippen MR) is 181 cm³/mol. The zero-order valence-electron chi connectivity index (χ0n) is 29.6. The Bertz CT molecular complexity index is 1640. The van der Waals surface area contributed by atoms with E-state index in [1.807, 2.05) is 12.1 Å². The first-order valence-electron chi connectivity index (χ1n) is 17.9. The number of aromatic nitrogens is 2. The summed E-state index contributed by atoms with van der Waals surface area (Å²) < 4.78 is 12.0. The summed E-state index contributed by atoms with van der Waals surface area (Å²) >= 11 is 0. The van der Waals surface area contributed by atoms with Gasteiger partial charge in [0.15, 0.2) is 0 Å². The molecule has 0 bridgehead atoms. The first-order valence-corrected chi connectivity index (χ1v) is 17.9. The Morgan fingerprint density at radius 3 is 2.17 bits per heavy atom. The Kier molecular flexibility index (Phi) is 7.17. The summed E-state index contributed by atoms with van der Waals surface area (Å²) in [5.41, 5.74) is 6.70. The maximum Gasteiger partial charge on any atom is 0.302 e. The van der Waals surface area contributed by atoms with Crippen LogP contribution in [0, 0.1) is 45.3 Å². The van der Waals surface area contributed by atoms with Gasteiger partial charge in [-0.25, -0.2) is 9.97 Å². The van der Waals surface area contributed by atoms with Crippen molar-refractivity contribution in [3.63, 3.8) is 0 Å². The van der Waals surface area contributed by atoms with E-state index in [4.69, 9.17) is 19.4 Å². The Morgan fingerprint density at radius 2 is 1.52 bits per heavy atom. The minimum Gasteiger partial charge on any atom is -0.465 e. The Morgan fingerprint density at radius 1 is 0.826 bits per heavy atom. The second-order valence-electron chi connectivity index (χ2n) is 17.3. The van der Waals surface area contributed by atoms with Crippen LogP contribution < -0.4 is 0 Å². The van der Waals surface area contributed by atoms with Crippen molar-refractivity contribution in [2.45, 2.75) is 125 Å². The molecular formula is C40H54N2O4. The number of hydrogen-bond donors (Lipinski definition) is 0. The van der Waals surface area contributed by atoms with Gasteiger partial charge < -0.3 is 9.47 Å². The molecule has 46 heavy (non-hydrogen) atoms. The van der Waals surface area contributed by atoms with Crippen LogP contribution in [0.3, 0.4) is 0 Å². The molecule has 0 saturated heterocycles. The smallest absolute Gasteiger partial charge is 0.302 e. The maximum absolute atomic E-state index is 12.4. The number of benzene rings is 1. The Balaban J connectivity index is 1.35. The summed E-state index contributed by atoms with van der Waals surface area (Å²) in [6, 6.07) is 8.20. The lowest BCUT2D eigenvalue weighted by atomic mass is 9.33. The minimum atomic E-state index is -0.434. The van der Waals surface area contributed by atoms with Crippen molar-refractivity contribution in [2.24, 2.45) is 45.3 Å². The highest BCUT2D eigenvalue weighted by Crippen LogP contribution is 2.77. The zero-order chi connectivity index (χ0) is 33.0. The van der Waals surface area contributed by atoms with E-state index in [0.29, 0.717) is 24.4 Å². The molecule has 0 amide bonds. The molecule has 6 nitrogen and oxygen atoms in total. The van der Waals surface area contributed by atoms with Gasteiger partial charge in [0.25, 0.3) is 0 Å². The number of ether oxygens (including phenoxy) is 2. The highest BCUT2D eigenvalue weighted by Gasteiger charge is 2.70. The second kappa shape index (κ2) is 10.4. The van der Waals surface area contributed by atoms with Crippen molar-refractivity contribution in [1.29, 1.82) is 0 Å². The van der Waals surface area contributed by atoms with Crippen LogP contribution in [0.1, 0.15) is 125 Å². The van der Waals surface area contributed by atoms with Gasteiger partial charge in [0.1, 0.15) is 12.7 Å². The average Bonchev–Trinajstić information content (AvgIpc) is 3.26. The van der Waals surface area contributed by atoms with Crippen molar-refractivity contribution in [2.75, 3.05) is 6.61 Å². The maximum atomic E-state index is 12.4. The molecule has 1 aromatic heterocycles. The van der Waals surface area contributed by atoms with Gasteiger partial charge in [-0.05, 0) is 115 Å². The van der Waals surface area contributed by atoms with Crippen molar-refractivity contribution in [3.8, 4) is 0 Å². The van der Waals surface area contributed by atoms with Gasteiger partial charge in [0, 0.05) is 19.3 Å². The molecule has 5 aliphatic rings. The van der Waals surface area contributed by atoms with Crippen molar-refractivity contribution in [1.82, 2.24) is 9.97 Å². The molecule has 7 rings (SSSR count). The van der Waals surface area contributed by atoms with Gasteiger partial charge in [-0.1, -0.05) is 60.6 Å². The van der Waals surface area contributed by atoms with Gasteiger partial charge in [-0.2, -0.15) is 0 Å². The molecule has 8 atom stereocenters. The topological polar surface area (TPSA) is 78.4 Å². The van der Waals surface area contributed by atoms with Crippen LogP contribution in [-0.4, -0.2) is 34.6 Å². The molecule has 248 valence electrons. The van der Waals surface area contributed by atoms with Gasteiger partial charge in [-0.15, -0.1) is 0 Å². The normalized spacial score (nSPS) is 39.2. The fraction of sp³-hybridized carbons (Fsp3) is 0.700. The third-order valence-electron chi connectivity index (χ3n) is 14.7. The average molecular weight is 627 g/mol. The fourth-order valence-electron chi connectivity index (χ4n) is 12.6. The van der Waals surface area contributed by atoms with E-state index < -0.39 is 5.41 Å². The lowest BCUT2D eigenvalue weighted by molar-refractivity contribution is -0.231. The SMILES string of the molecule is CC(=O)OC[C@@]12CC[C@]3(C)[C@H](CC[C@@H]4[C@@]5(C)CC[C@H](OC(C)=O)C(C)(C)[C@@H]5CC[C@]43C)C1=C(C(C)C)c1nc3ccccc3nc12. The van der Waals surface area contributed by atoms with Crippen LogP contribution >= 0.6 is 0 Å². The summed E-state index contributed by atoms with van der Waals surface area (Å²) in [7, 11) is 0. The summed E-state index contributed by atoms with van der Waals surface area (Å²) in [5, 5.41) is 0. The Hall–Kier alpha value is -2.76. The van der Waals surface area contributed by atoms with E-state index in [9.17, 15) is 9.59 Å². The predicted octanol–water partition coefficient (Wildman–Crippen LogP) is 8.85. The number of carbonyl (C=O) groups is 2. The fourth-order valence-corrected chi connectivity index (χ4v) is 12.6. The second-order valence-corrected chi connectivity index (χ2v) is 17.3. The lowest BCUT2D eigenvalue weighted by Gasteiger charge is -2.72. The monoisotopic (exact) mass is 626 g/mol. The Labute approximate surface area is 275 Å². The van der Waals surface area contributed by atoms with E-state index in [0.717, 1.165) is 54.5 Å². The van der Waals surface area contributed by atoms with Crippen molar-refractivity contribution in [3.05, 3.63) is 41.2 Å². The van der Waals surface area contributed by atoms with Crippen LogP contribution in [0.5, 0.6) is 0 Å². The van der Waals surface area contributed by atoms with E-state index in [1.165, 1.54) is 37.3 Å². The molecule has 0 spiro atoms. The lowest BCUT2D eigenvalue weighted by Crippen LogP contribution is -2.66. The molecule has 6 heteroatoms. The molecule has 0 aliphatic heterocycles. The molecule has 1 heterocycles. The summed E-state index contributed by atoms with van der Waals surface area (Å²) in [5.74, 6) is 1.39. The molecule has 0 radical (unpaired) electrons. The van der Waals surface area contributed by atoms with E-state index in [1.54, 1.807) is 6.92 Å². The van der Waals surface area contributed by atoms with Crippen LogP contribution in [-0.2, 0) is 24.5 Å². The van der Waals surface area contributed by atoms with Gasteiger partial charge in [-0.3, -0.25) is 9.59 Å². The first kappa shape index (κ1) is 31.8. The molecular weight excluding hydrogens is 572 g/mol. The number of esters is 2. The number of para-hydroxylation sites is 2. The highest BCUT2D eigenvalue weighted by molar-refractivity contribution is 5.85. The molecule has 4 fully saturated rings. The first-order chi connectivity index (χ1) is 21.6. The number of fused-ring (bicyclic) bond motifs is 10. The third kappa shape index (κ3) is 4.12. The van der Waals surface area contributed by atoms with Crippen molar-refractivity contribution < 1.29 is 19.1 Å². The van der Waals surface area contributed by atoms with E-state index >= 15 is 0 Å². The zero-order valence-corrected chi connectivity index (χ0v) is 29.6. The summed E-state index contributed by atoms with van der Waals surface area (Å²) in [4.78, 5) is 35.2. The minimum absolute atomic E-state index is 0.0119. The third-order valence-corrected chi connectivity index (χ3v) is 14.7. The van der Waals surface area contributed by atoms with Gasteiger partial charge in [0.05, 0.1) is 27.8 Å². The number of allylic oxidation sites excluding steroid dienone is 1. The van der Waals surface area contributed by atoms with E-state index in [2.05, 4.69) is 60.6 Å². The number of nitrogens with zero attached hydrogens (tertiary/aromatic N) is 2. The molecule has 0 N–H and O–H groups in total. The highest BCUT2D eigenvalue weighted by atomic mass is 16.5. The number of hydrogen-bond acceptors (Lipinski definition) is 6.